The van der Waals surface area contributed by atoms with E-state index < -0.39 is 11.8 Å². The fourth-order valence-corrected chi connectivity index (χ4v) is 6.28. The number of nitrogens with zero attached hydrogens (tertiary/aromatic N) is 1. The molecule has 0 aromatic heterocycles. The van der Waals surface area contributed by atoms with Crippen molar-refractivity contribution in [1.29, 1.82) is 0 Å². The molecule has 3 aliphatic carbocycles. The standard InChI is InChI=1S/C30H27NO4/c1-2-3-8-17-35-30(34)18-13-15-19(16-14-18)31-28(32)26-24-20-9-4-5-10-21(20)25(27(26)29(31)33)23-12-7-6-11-22(23)24/h4-7,9-16,24-27H,2-3,8,17H2,1H3/t24?,25?,26-,27-/m1/s1. The lowest BCUT2D eigenvalue weighted by molar-refractivity contribution is -0.122. The molecule has 0 saturated carbocycles. The second-order valence-corrected chi connectivity index (χ2v) is 9.67. The van der Waals surface area contributed by atoms with Crippen LogP contribution < -0.4 is 4.90 Å². The molecule has 7 rings (SSSR count). The van der Waals surface area contributed by atoms with Crippen LogP contribution in [-0.4, -0.2) is 24.4 Å². The average molecular weight is 466 g/mol. The summed E-state index contributed by atoms with van der Waals surface area (Å²) in [5, 5.41) is 0. The van der Waals surface area contributed by atoms with Gasteiger partial charge in [-0.15, -0.1) is 0 Å². The highest BCUT2D eigenvalue weighted by Gasteiger charge is 2.61. The van der Waals surface area contributed by atoms with Crippen LogP contribution in [0.3, 0.4) is 0 Å². The van der Waals surface area contributed by atoms with Crippen molar-refractivity contribution in [3.63, 3.8) is 0 Å². The third kappa shape index (κ3) is 3.25. The van der Waals surface area contributed by atoms with E-state index in [2.05, 4.69) is 31.2 Å². The molecule has 5 heteroatoms. The molecule has 1 heterocycles. The van der Waals surface area contributed by atoms with Gasteiger partial charge in [-0.25, -0.2) is 9.69 Å². The second-order valence-electron chi connectivity index (χ2n) is 9.67. The molecule has 4 aliphatic rings. The number of anilines is 1. The zero-order chi connectivity index (χ0) is 24.1. The Bertz CT molecular complexity index is 1210. The smallest absolute Gasteiger partial charge is 0.338 e. The first-order valence-corrected chi connectivity index (χ1v) is 12.4. The fourth-order valence-electron chi connectivity index (χ4n) is 6.28. The zero-order valence-corrected chi connectivity index (χ0v) is 19.6. The first kappa shape index (κ1) is 21.8. The number of benzene rings is 3. The Kier molecular flexibility index (Phi) is 5.28. The summed E-state index contributed by atoms with van der Waals surface area (Å²) in [6.07, 6.45) is 2.92. The number of imide groups is 1. The molecular formula is C30H27NO4. The van der Waals surface area contributed by atoms with Gasteiger partial charge in [-0.3, -0.25) is 9.59 Å². The molecule has 3 aromatic rings. The van der Waals surface area contributed by atoms with Gasteiger partial charge < -0.3 is 4.74 Å². The Balaban J connectivity index is 1.32. The van der Waals surface area contributed by atoms with Crippen LogP contribution in [0, 0.1) is 11.8 Å². The Morgan fingerprint density at radius 1 is 0.743 bits per heavy atom. The molecule has 0 N–H and O–H groups in total. The summed E-state index contributed by atoms with van der Waals surface area (Å²) >= 11 is 0. The number of hydrogen-bond donors (Lipinski definition) is 0. The van der Waals surface area contributed by atoms with Crippen molar-refractivity contribution in [2.24, 2.45) is 11.8 Å². The first-order valence-electron chi connectivity index (χ1n) is 12.4. The Labute approximate surface area is 204 Å². The quantitative estimate of drug-likeness (QED) is 0.277. The Morgan fingerprint density at radius 3 is 1.69 bits per heavy atom. The summed E-state index contributed by atoms with van der Waals surface area (Å²) in [7, 11) is 0. The minimum atomic E-state index is -0.416. The second kappa shape index (κ2) is 8.49. The lowest BCUT2D eigenvalue weighted by Gasteiger charge is -2.45. The highest BCUT2D eigenvalue weighted by Crippen LogP contribution is 2.61. The maximum absolute atomic E-state index is 13.8. The van der Waals surface area contributed by atoms with E-state index in [1.807, 2.05) is 24.3 Å². The lowest BCUT2D eigenvalue weighted by Crippen LogP contribution is -2.41. The number of unbranched alkanes of at least 4 members (excludes halogenated alkanes) is 2. The van der Waals surface area contributed by atoms with Gasteiger partial charge in [0.15, 0.2) is 0 Å². The summed E-state index contributed by atoms with van der Waals surface area (Å²) in [6, 6.07) is 23.1. The van der Waals surface area contributed by atoms with E-state index in [0.29, 0.717) is 17.9 Å². The molecule has 0 spiro atoms. The first-order chi connectivity index (χ1) is 17.1. The molecular weight excluding hydrogens is 438 g/mol. The molecule has 35 heavy (non-hydrogen) atoms. The van der Waals surface area contributed by atoms with Crippen LogP contribution >= 0.6 is 0 Å². The summed E-state index contributed by atoms with van der Waals surface area (Å²) in [5.74, 6) is -1.79. The van der Waals surface area contributed by atoms with Gasteiger partial charge in [-0.1, -0.05) is 68.3 Å². The van der Waals surface area contributed by atoms with Crippen molar-refractivity contribution in [2.75, 3.05) is 11.5 Å². The largest absolute Gasteiger partial charge is 0.462 e. The van der Waals surface area contributed by atoms with Crippen LogP contribution in [-0.2, 0) is 14.3 Å². The summed E-state index contributed by atoms with van der Waals surface area (Å²) in [6.45, 7) is 2.49. The molecule has 2 atom stereocenters. The van der Waals surface area contributed by atoms with Gasteiger partial charge in [-0.2, -0.15) is 0 Å². The van der Waals surface area contributed by atoms with Crippen LogP contribution in [0.5, 0.6) is 0 Å². The van der Waals surface area contributed by atoms with Gasteiger partial charge in [-0.05, 0) is 52.9 Å². The van der Waals surface area contributed by atoms with E-state index in [9.17, 15) is 14.4 Å². The van der Waals surface area contributed by atoms with Gasteiger partial charge in [0.25, 0.3) is 0 Å². The minimum absolute atomic E-state index is 0.128. The van der Waals surface area contributed by atoms with Crippen LogP contribution in [0.2, 0.25) is 0 Å². The number of rotatable bonds is 6. The van der Waals surface area contributed by atoms with E-state index in [0.717, 1.165) is 41.5 Å². The SMILES string of the molecule is CCCCCOC(=O)c1ccc(N2C(=O)[C@@H]3C4c5ccccc5C(c5ccccc54)[C@H]3C2=O)cc1. The van der Waals surface area contributed by atoms with Gasteiger partial charge in [0.2, 0.25) is 11.8 Å². The van der Waals surface area contributed by atoms with E-state index in [1.165, 1.54) is 4.90 Å². The van der Waals surface area contributed by atoms with Crippen LogP contribution in [0.1, 0.15) is 70.6 Å². The third-order valence-corrected chi connectivity index (χ3v) is 7.79. The summed E-state index contributed by atoms with van der Waals surface area (Å²) in [4.78, 5) is 41.3. The maximum Gasteiger partial charge on any atom is 0.338 e. The molecule has 1 saturated heterocycles. The van der Waals surface area contributed by atoms with Crippen LogP contribution in [0.4, 0.5) is 5.69 Å². The maximum atomic E-state index is 13.8. The Hall–Kier alpha value is -3.73. The monoisotopic (exact) mass is 465 g/mol. The van der Waals surface area contributed by atoms with Crippen molar-refractivity contribution in [1.82, 2.24) is 0 Å². The van der Waals surface area contributed by atoms with Crippen molar-refractivity contribution in [3.8, 4) is 0 Å². The normalized spacial score (nSPS) is 23.6. The van der Waals surface area contributed by atoms with E-state index in [4.69, 9.17) is 4.74 Å². The topological polar surface area (TPSA) is 63.7 Å². The van der Waals surface area contributed by atoms with Crippen molar-refractivity contribution in [2.45, 2.75) is 38.0 Å². The van der Waals surface area contributed by atoms with E-state index >= 15 is 0 Å². The van der Waals surface area contributed by atoms with E-state index in [1.54, 1.807) is 24.3 Å². The predicted molar refractivity (Wildman–Crippen MR) is 132 cm³/mol. The van der Waals surface area contributed by atoms with Crippen molar-refractivity contribution in [3.05, 3.63) is 101 Å². The zero-order valence-electron chi connectivity index (χ0n) is 19.6. The molecule has 0 unspecified atom stereocenters. The van der Waals surface area contributed by atoms with Crippen molar-refractivity contribution < 1.29 is 19.1 Å². The van der Waals surface area contributed by atoms with Gasteiger partial charge >= 0.3 is 5.97 Å². The number of carbonyl (C=O) groups excluding carboxylic acids is 3. The molecule has 2 amide bonds. The molecule has 1 fully saturated rings. The molecule has 0 radical (unpaired) electrons. The fraction of sp³-hybridized carbons (Fsp3) is 0.300. The lowest BCUT2D eigenvalue weighted by atomic mass is 9.55. The van der Waals surface area contributed by atoms with Gasteiger partial charge in [0.05, 0.1) is 29.7 Å². The van der Waals surface area contributed by atoms with Gasteiger partial charge in [0.1, 0.15) is 0 Å². The molecule has 2 bridgehead atoms. The molecule has 5 nitrogen and oxygen atoms in total. The van der Waals surface area contributed by atoms with Crippen LogP contribution in [0.15, 0.2) is 72.8 Å². The summed E-state index contributed by atoms with van der Waals surface area (Å²) < 4.78 is 5.34. The molecule has 1 aliphatic heterocycles. The third-order valence-electron chi connectivity index (χ3n) is 7.79. The van der Waals surface area contributed by atoms with Gasteiger partial charge in [0, 0.05) is 11.8 Å². The Morgan fingerprint density at radius 2 is 1.23 bits per heavy atom. The highest BCUT2D eigenvalue weighted by atomic mass is 16.5. The number of esters is 1. The summed E-state index contributed by atoms with van der Waals surface area (Å²) in [5.41, 5.74) is 5.54. The van der Waals surface area contributed by atoms with Crippen LogP contribution in [0.25, 0.3) is 0 Å². The number of ether oxygens (including phenoxy) is 1. The number of hydrogen-bond acceptors (Lipinski definition) is 4. The van der Waals surface area contributed by atoms with E-state index in [-0.39, 0.29) is 29.6 Å². The molecule has 3 aromatic carbocycles. The van der Waals surface area contributed by atoms with Crippen molar-refractivity contribution >= 4 is 23.5 Å². The number of amides is 2. The predicted octanol–water partition coefficient (Wildman–Crippen LogP) is 5.43. The number of carbonyl (C=O) groups is 3. The average Bonchev–Trinajstić information content (AvgIpc) is 3.17. The minimum Gasteiger partial charge on any atom is -0.462 e. The molecule has 176 valence electrons. The highest BCUT2D eigenvalue weighted by molar-refractivity contribution is 6.23.